The van der Waals surface area contributed by atoms with Crippen LogP contribution in [0.25, 0.3) is 0 Å². The Kier molecular flexibility index (Phi) is 4.01. The number of hydrogen-bond acceptors (Lipinski definition) is 4. The second-order valence-electron chi connectivity index (χ2n) is 8.39. The van der Waals surface area contributed by atoms with E-state index in [0.29, 0.717) is 22.3 Å². The number of amides is 4. The van der Waals surface area contributed by atoms with Crippen LogP contribution in [0.4, 0.5) is 0 Å². The summed E-state index contributed by atoms with van der Waals surface area (Å²) in [5, 5.41) is 0. The number of hydrogen-bond donors (Lipinski definition) is 0. The smallest absolute Gasteiger partial charge is 0.261 e. The van der Waals surface area contributed by atoms with Crippen LogP contribution >= 0.6 is 0 Å². The van der Waals surface area contributed by atoms with E-state index in [4.69, 9.17) is 0 Å². The topological polar surface area (TPSA) is 74.8 Å². The minimum absolute atomic E-state index is 0.212. The van der Waals surface area contributed by atoms with E-state index in [1.54, 1.807) is 24.3 Å². The van der Waals surface area contributed by atoms with Crippen molar-refractivity contribution in [3.8, 4) is 0 Å². The molecule has 2 aliphatic heterocycles. The molecule has 6 heteroatoms. The molecule has 2 aliphatic rings. The maximum atomic E-state index is 12.8. The summed E-state index contributed by atoms with van der Waals surface area (Å²) in [5.74, 6) is -1.17. The van der Waals surface area contributed by atoms with Crippen molar-refractivity contribution in [3.63, 3.8) is 0 Å². The summed E-state index contributed by atoms with van der Waals surface area (Å²) in [7, 11) is 1.47. The molecule has 4 rings (SSSR count). The van der Waals surface area contributed by atoms with Gasteiger partial charge in [-0.2, -0.15) is 0 Å². The Balaban J connectivity index is 1.78. The van der Waals surface area contributed by atoms with E-state index in [-0.39, 0.29) is 29.7 Å². The van der Waals surface area contributed by atoms with E-state index >= 15 is 0 Å². The van der Waals surface area contributed by atoms with E-state index < -0.39 is 5.41 Å². The number of benzene rings is 2. The molecule has 0 saturated heterocycles. The Morgan fingerprint density at radius 2 is 1.10 bits per heavy atom. The Bertz CT molecular complexity index is 1110. The Labute approximate surface area is 169 Å². The highest BCUT2D eigenvalue weighted by atomic mass is 16.2. The van der Waals surface area contributed by atoms with Gasteiger partial charge in [-0.15, -0.1) is 0 Å². The lowest BCUT2D eigenvalue weighted by Crippen LogP contribution is -2.35. The fraction of sp³-hybridized carbons (Fsp3) is 0.304. The molecule has 0 saturated carbocycles. The van der Waals surface area contributed by atoms with Crippen molar-refractivity contribution in [1.29, 1.82) is 0 Å². The monoisotopic (exact) mass is 390 g/mol. The number of carbonyl (C=O) groups is 4. The molecule has 0 spiro atoms. The molecule has 0 atom stereocenters. The summed E-state index contributed by atoms with van der Waals surface area (Å²) < 4.78 is 0. The van der Waals surface area contributed by atoms with Crippen LogP contribution in [-0.2, 0) is 5.41 Å². The lowest BCUT2D eigenvalue weighted by molar-refractivity contribution is 0.0606. The summed E-state index contributed by atoms with van der Waals surface area (Å²) in [4.78, 5) is 52.2. The average molecular weight is 390 g/mol. The van der Waals surface area contributed by atoms with Gasteiger partial charge in [-0.1, -0.05) is 26.0 Å². The van der Waals surface area contributed by atoms with Crippen molar-refractivity contribution in [2.45, 2.75) is 39.2 Å². The first-order chi connectivity index (χ1) is 13.6. The molecule has 0 fully saturated rings. The lowest BCUT2D eigenvalue weighted by Gasteiger charge is -2.27. The van der Waals surface area contributed by atoms with E-state index in [9.17, 15) is 19.2 Å². The number of fused-ring (bicyclic) bond motifs is 2. The SMILES string of the molecule is CC(C)N1C(=O)c2ccc(C(C)(C)c3ccc4c(c3)C(=O)N(C)C4=O)cc2C1=O. The zero-order valence-electron chi connectivity index (χ0n) is 17.1. The highest BCUT2D eigenvalue weighted by Gasteiger charge is 2.39. The molecule has 2 heterocycles. The maximum Gasteiger partial charge on any atom is 0.261 e. The summed E-state index contributed by atoms with van der Waals surface area (Å²) in [6.45, 7) is 7.60. The molecular formula is C23H22N2O4. The molecule has 0 aromatic heterocycles. The number of imide groups is 2. The largest absolute Gasteiger partial charge is 0.277 e. The van der Waals surface area contributed by atoms with Crippen LogP contribution < -0.4 is 0 Å². The van der Waals surface area contributed by atoms with Crippen LogP contribution in [0.1, 0.15) is 80.3 Å². The van der Waals surface area contributed by atoms with Crippen LogP contribution in [0.2, 0.25) is 0 Å². The first-order valence-electron chi connectivity index (χ1n) is 9.55. The predicted octanol–water partition coefficient (Wildman–Crippen LogP) is 3.24. The molecule has 4 amide bonds. The van der Waals surface area contributed by atoms with Gasteiger partial charge in [-0.3, -0.25) is 29.0 Å². The summed E-state index contributed by atoms with van der Waals surface area (Å²) in [5.41, 5.74) is 2.78. The highest BCUT2D eigenvalue weighted by molar-refractivity contribution is 6.22. The second kappa shape index (κ2) is 6.11. The fourth-order valence-corrected chi connectivity index (χ4v) is 4.03. The Morgan fingerprint density at radius 3 is 1.62 bits per heavy atom. The van der Waals surface area contributed by atoms with Crippen LogP contribution in [-0.4, -0.2) is 46.5 Å². The molecule has 0 aliphatic carbocycles. The standard InChI is InChI=1S/C23H22N2O4/c1-12(2)25-21(28)16-9-7-14(11-18(16)22(25)29)23(3,4)13-6-8-15-17(10-13)20(27)24(5)19(15)26/h6-12H,1-5H3. The molecule has 0 unspecified atom stereocenters. The Hall–Kier alpha value is -3.28. The molecule has 2 aromatic rings. The van der Waals surface area contributed by atoms with Crippen LogP contribution in [0.3, 0.4) is 0 Å². The van der Waals surface area contributed by atoms with Crippen molar-refractivity contribution in [3.05, 3.63) is 69.8 Å². The van der Waals surface area contributed by atoms with E-state index in [1.807, 2.05) is 39.8 Å². The van der Waals surface area contributed by atoms with Gasteiger partial charge in [0.25, 0.3) is 23.6 Å². The van der Waals surface area contributed by atoms with Crippen LogP contribution in [0.15, 0.2) is 36.4 Å². The molecule has 0 bridgehead atoms. The molecule has 148 valence electrons. The van der Waals surface area contributed by atoms with Crippen molar-refractivity contribution < 1.29 is 19.2 Å². The lowest BCUT2D eigenvalue weighted by atomic mass is 9.76. The minimum atomic E-state index is -0.539. The van der Waals surface area contributed by atoms with Crippen molar-refractivity contribution >= 4 is 23.6 Å². The summed E-state index contributed by atoms with van der Waals surface area (Å²) in [6.07, 6.45) is 0. The number of nitrogens with zero attached hydrogens (tertiary/aromatic N) is 2. The number of rotatable bonds is 3. The van der Waals surface area contributed by atoms with Gasteiger partial charge in [0.15, 0.2) is 0 Å². The number of carbonyl (C=O) groups excluding carboxylic acids is 4. The van der Waals surface area contributed by atoms with Gasteiger partial charge >= 0.3 is 0 Å². The first kappa shape index (κ1) is 19.1. The van der Waals surface area contributed by atoms with Gasteiger partial charge in [0.2, 0.25) is 0 Å². The third-order valence-corrected chi connectivity index (χ3v) is 5.97. The fourth-order valence-electron chi connectivity index (χ4n) is 4.03. The van der Waals surface area contributed by atoms with Gasteiger partial charge in [0.1, 0.15) is 0 Å². The zero-order chi connectivity index (χ0) is 21.2. The van der Waals surface area contributed by atoms with Crippen molar-refractivity contribution in [2.24, 2.45) is 0 Å². The van der Waals surface area contributed by atoms with Gasteiger partial charge < -0.3 is 0 Å². The molecule has 2 aromatic carbocycles. The highest BCUT2D eigenvalue weighted by Crippen LogP contribution is 2.36. The third kappa shape index (κ3) is 2.55. The Morgan fingerprint density at radius 1 is 0.690 bits per heavy atom. The quantitative estimate of drug-likeness (QED) is 0.754. The molecular weight excluding hydrogens is 368 g/mol. The normalized spacial score (nSPS) is 16.2. The molecule has 6 nitrogen and oxygen atoms in total. The van der Waals surface area contributed by atoms with Crippen LogP contribution in [0.5, 0.6) is 0 Å². The zero-order valence-corrected chi connectivity index (χ0v) is 17.1. The van der Waals surface area contributed by atoms with Gasteiger partial charge in [-0.05, 0) is 49.2 Å². The minimum Gasteiger partial charge on any atom is -0.277 e. The maximum absolute atomic E-state index is 12.8. The third-order valence-electron chi connectivity index (χ3n) is 5.97. The molecule has 29 heavy (non-hydrogen) atoms. The predicted molar refractivity (Wildman–Crippen MR) is 107 cm³/mol. The molecule has 0 N–H and O–H groups in total. The van der Waals surface area contributed by atoms with E-state index in [1.165, 1.54) is 11.9 Å². The van der Waals surface area contributed by atoms with Gasteiger partial charge in [0.05, 0.1) is 22.3 Å². The average Bonchev–Trinajstić information content (AvgIpc) is 3.07. The van der Waals surface area contributed by atoms with Crippen LogP contribution in [0, 0.1) is 0 Å². The molecule has 0 radical (unpaired) electrons. The van der Waals surface area contributed by atoms with E-state index in [0.717, 1.165) is 16.0 Å². The van der Waals surface area contributed by atoms with Crippen molar-refractivity contribution in [1.82, 2.24) is 9.80 Å². The van der Waals surface area contributed by atoms with E-state index in [2.05, 4.69) is 0 Å². The second-order valence-corrected chi connectivity index (χ2v) is 8.39. The van der Waals surface area contributed by atoms with Crippen molar-refractivity contribution in [2.75, 3.05) is 7.05 Å². The summed E-state index contributed by atoms with van der Waals surface area (Å²) >= 11 is 0. The summed E-state index contributed by atoms with van der Waals surface area (Å²) in [6, 6.07) is 10.4. The van der Waals surface area contributed by atoms with Gasteiger partial charge in [-0.25, -0.2) is 0 Å². The van der Waals surface area contributed by atoms with Gasteiger partial charge in [0, 0.05) is 18.5 Å². The first-order valence-corrected chi connectivity index (χ1v) is 9.55.